The maximum absolute atomic E-state index is 12.3. The number of carbonyl (C=O) groups excluding carboxylic acids is 1. The highest BCUT2D eigenvalue weighted by molar-refractivity contribution is 5.94. The molecule has 0 atom stereocenters. The number of pyridine rings is 1. The lowest BCUT2D eigenvalue weighted by atomic mass is 10.1. The van der Waals surface area contributed by atoms with Gasteiger partial charge in [-0.05, 0) is 61.7 Å². The average Bonchev–Trinajstić information content (AvgIpc) is 3.27. The molecule has 0 radical (unpaired) electrons. The van der Waals surface area contributed by atoms with Crippen LogP contribution in [-0.2, 0) is 6.54 Å². The van der Waals surface area contributed by atoms with E-state index in [2.05, 4.69) is 44.8 Å². The van der Waals surface area contributed by atoms with Gasteiger partial charge in [0.2, 0.25) is 0 Å². The lowest BCUT2D eigenvalue weighted by Gasteiger charge is -2.28. The summed E-state index contributed by atoms with van der Waals surface area (Å²) in [5.74, 6) is 0.525. The highest BCUT2D eigenvalue weighted by Crippen LogP contribution is 2.23. The van der Waals surface area contributed by atoms with Gasteiger partial charge in [-0.1, -0.05) is 0 Å². The van der Waals surface area contributed by atoms with Crippen LogP contribution in [0.1, 0.15) is 35.4 Å². The van der Waals surface area contributed by atoms with E-state index in [4.69, 9.17) is 4.42 Å². The third-order valence-electron chi connectivity index (χ3n) is 4.88. The van der Waals surface area contributed by atoms with Gasteiger partial charge in [0.1, 0.15) is 5.76 Å². The van der Waals surface area contributed by atoms with E-state index in [-0.39, 0.29) is 5.91 Å². The fourth-order valence-corrected chi connectivity index (χ4v) is 3.39. The fourth-order valence-electron chi connectivity index (χ4n) is 3.39. The second-order valence-corrected chi connectivity index (χ2v) is 6.94. The van der Waals surface area contributed by atoms with Gasteiger partial charge in [-0.15, -0.1) is 0 Å². The predicted octanol–water partition coefficient (Wildman–Crippen LogP) is 4.34. The zero-order valence-corrected chi connectivity index (χ0v) is 15.7. The molecule has 3 heterocycles. The van der Waals surface area contributed by atoms with E-state index in [0.29, 0.717) is 17.9 Å². The van der Waals surface area contributed by atoms with Crippen molar-refractivity contribution in [2.24, 2.45) is 0 Å². The number of nitrogens with zero attached hydrogens (tertiary/aromatic N) is 2. The molecule has 1 amide bonds. The Morgan fingerprint density at radius 2 is 1.86 bits per heavy atom. The zero-order valence-electron chi connectivity index (χ0n) is 15.7. The highest BCUT2D eigenvalue weighted by atomic mass is 16.3. The molecule has 28 heavy (non-hydrogen) atoms. The van der Waals surface area contributed by atoms with E-state index in [0.717, 1.165) is 24.5 Å². The molecule has 3 aromatic rings. The number of rotatable bonds is 6. The number of piperidine rings is 1. The lowest BCUT2D eigenvalue weighted by molar-refractivity contribution is 0.0947. The first-order valence-electron chi connectivity index (χ1n) is 9.65. The van der Waals surface area contributed by atoms with Crippen molar-refractivity contribution in [2.75, 3.05) is 23.3 Å². The fraction of sp³-hybridized carbons (Fsp3) is 0.273. The van der Waals surface area contributed by atoms with Gasteiger partial charge in [-0.2, -0.15) is 0 Å². The molecular formula is C22H24N4O2. The molecule has 144 valence electrons. The third-order valence-corrected chi connectivity index (χ3v) is 4.88. The summed E-state index contributed by atoms with van der Waals surface area (Å²) in [5.41, 5.74) is 3.50. The van der Waals surface area contributed by atoms with Gasteiger partial charge in [-0.25, -0.2) is 0 Å². The Kier molecular flexibility index (Phi) is 5.56. The van der Waals surface area contributed by atoms with Crippen molar-refractivity contribution >= 4 is 23.0 Å². The van der Waals surface area contributed by atoms with E-state index in [1.165, 1.54) is 24.9 Å². The summed E-state index contributed by atoms with van der Waals surface area (Å²) in [6.07, 6.45) is 8.71. The molecule has 1 fully saturated rings. The number of hydrogen-bond donors (Lipinski definition) is 2. The molecule has 1 aromatic carbocycles. The summed E-state index contributed by atoms with van der Waals surface area (Å²) < 4.78 is 5.23. The third kappa shape index (κ3) is 4.52. The number of furan rings is 1. The molecule has 1 saturated heterocycles. The predicted molar refractivity (Wildman–Crippen MR) is 110 cm³/mol. The first kappa shape index (κ1) is 18.1. The van der Waals surface area contributed by atoms with Crippen LogP contribution in [0.4, 0.5) is 17.1 Å². The molecule has 2 aromatic heterocycles. The highest BCUT2D eigenvalue weighted by Gasteiger charge is 2.11. The van der Waals surface area contributed by atoms with Crippen LogP contribution in [0.3, 0.4) is 0 Å². The minimum atomic E-state index is -0.187. The topological polar surface area (TPSA) is 70.4 Å². The van der Waals surface area contributed by atoms with Crippen LogP contribution in [0, 0.1) is 0 Å². The first-order valence-corrected chi connectivity index (χ1v) is 9.65. The molecule has 0 saturated carbocycles. The lowest BCUT2D eigenvalue weighted by Crippen LogP contribution is -2.29. The molecule has 0 bridgehead atoms. The number of amides is 1. The molecule has 0 aliphatic carbocycles. The summed E-state index contributed by atoms with van der Waals surface area (Å²) in [4.78, 5) is 19.0. The SMILES string of the molecule is O=C(NCc1ccco1)c1cncc(Nc2ccc(N3CCCCC3)cc2)c1. The minimum absolute atomic E-state index is 0.187. The molecule has 1 aliphatic rings. The van der Waals surface area contributed by atoms with Gasteiger partial charge in [-0.3, -0.25) is 9.78 Å². The summed E-state index contributed by atoms with van der Waals surface area (Å²) in [6, 6.07) is 13.8. The van der Waals surface area contributed by atoms with Gasteiger partial charge in [0.05, 0.1) is 30.3 Å². The molecule has 0 unspecified atom stereocenters. The zero-order chi connectivity index (χ0) is 19.2. The molecule has 6 heteroatoms. The van der Waals surface area contributed by atoms with Crippen molar-refractivity contribution in [1.29, 1.82) is 0 Å². The van der Waals surface area contributed by atoms with Crippen LogP contribution < -0.4 is 15.5 Å². The monoisotopic (exact) mass is 376 g/mol. The van der Waals surface area contributed by atoms with Crippen LogP contribution in [0.5, 0.6) is 0 Å². The smallest absolute Gasteiger partial charge is 0.253 e. The maximum atomic E-state index is 12.3. The van der Waals surface area contributed by atoms with Gasteiger partial charge in [0, 0.05) is 30.7 Å². The van der Waals surface area contributed by atoms with Gasteiger partial charge < -0.3 is 20.0 Å². The van der Waals surface area contributed by atoms with E-state index in [1.54, 1.807) is 30.8 Å². The quantitative estimate of drug-likeness (QED) is 0.670. The largest absolute Gasteiger partial charge is 0.467 e. The van der Waals surface area contributed by atoms with Crippen LogP contribution in [0.25, 0.3) is 0 Å². The molecule has 0 spiro atoms. The maximum Gasteiger partial charge on any atom is 0.253 e. The number of hydrogen-bond acceptors (Lipinski definition) is 5. The Morgan fingerprint density at radius 3 is 2.61 bits per heavy atom. The Balaban J connectivity index is 1.38. The second-order valence-electron chi connectivity index (χ2n) is 6.94. The van der Waals surface area contributed by atoms with Crippen LogP contribution in [0.2, 0.25) is 0 Å². The minimum Gasteiger partial charge on any atom is -0.467 e. The van der Waals surface area contributed by atoms with Crippen molar-refractivity contribution in [2.45, 2.75) is 25.8 Å². The van der Waals surface area contributed by atoms with Crippen molar-refractivity contribution < 1.29 is 9.21 Å². The van der Waals surface area contributed by atoms with E-state index in [1.807, 2.05) is 6.07 Å². The standard InChI is InChI=1S/C22H24N4O2/c27-22(24-16-21-5-4-12-28-21)17-13-19(15-23-14-17)25-18-6-8-20(9-7-18)26-10-2-1-3-11-26/h4-9,12-15,25H,1-3,10-11,16H2,(H,24,27). The van der Waals surface area contributed by atoms with E-state index < -0.39 is 0 Å². The molecule has 2 N–H and O–H groups in total. The summed E-state index contributed by atoms with van der Waals surface area (Å²) >= 11 is 0. The van der Waals surface area contributed by atoms with Crippen LogP contribution in [-0.4, -0.2) is 24.0 Å². The Bertz CT molecular complexity index is 901. The van der Waals surface area contributed by atoms with Crippen molar-refractivity contribution in [3.05, 3.63) is 72.4 Å². The molecule has 1 aliphatic heterocycles. The van der Waals surface area contributed by atoms with Crippen molar-refractivity contribution in [3.63, 3.8) is 0 Å². The Labute approximate surface area is 164 Å². The van der Waals surface area contributed by atoms with Crippen molar-refractivity contribution in [3.8, 4) is 0 Å². The summed E-state index contributed by atoms with van der Waals surface area (Å²) in [5, 5.41) is 6.15. The van der Waals surface area contributed by atoms with E-state index >= 15 is 0 Å². The molecule has 4 rings (SSSR count). The van der Waals surface area contributed by atoms with Gasteiger partial charge in [0.15, 0.2) is 0 Å². The van der Waals surface area contributed by atoms with Gasteiger partial charge in [0.25, 0.3) is 5.91 Å². The van der Waals surface area contributed by atoms with Crippen LogP contribution >= 0.6 is 0 Å². The summed E-state index contributed by atoms with van der Waals surface area (Å²) in [7, 11) is 0. The molecule has 6 nitrogen and oxygen atoms in total. The normalized spacial score (nSPS) is 13.9. The van der Waals surface area contributed by atoms with Crippen LogP contribution in [0.15, 0.2) is 65.5 Å². The summed E-state index contributed by atoms with van der Waals surface area (Å²) in [6.45, 7) is 2.61. The van der Waals surface area contributed by atoms with Gasteiger partial charge >= 0.3 is 0 Å². The number of benzene rings is 1. The number of carbonyl (C=O) groups is 1. The van der Waals surface area contributed by atoms with E-state index in [9.17, 15) is 4.79 Å². The first-order chi connectivity index (χ1) is 13.8. The van der Waals surface area contributed by atoms with Crippen molar-refractivity contribution in [1.82, 2.24) is 10.3 Å². The molecular weight excluding hydrogens is 352 g/mol. The number of nitrogens with one attached hydrogen (secondary N) is 2. The average molecular weight is 376 g/mol. The second kappa shape index (κ2) is 8.61. The number of anilines is 3. The Morgan fingerprint density at radius 1 is 1.04 bits per heavy atom. The number of aromatic nitrogens is 1. The Hall–Kier alpha value is -3.28.